The van der Waals surface area contributed by atoms with Gasteiger partial charge in [0.15, 0.2) is 0 Å². The molecule has 61 heavy (non-hydrogen) atoms. The van der Waals surface area contributed by atoms with Gasteiger partial charge in [0, 0.05) is 23.0 Å². The molecular weight excluding hydrogens is 745 g/mol. The van der Waals surface area contributed by atoms with E-state index in [9.17, 15) is 5.48 Å². The highest BCUT2D eigenvalue weighted by Crippen LogP contribution is 2.40. The van der Waals surface area contributed by atoms with E-state index in [1.165, 1.54) is 0 Å². The van der Waals surface area contributed by atoms with E-state index in [1.54, 1.807) is 16.7 Å². The Bertz CT molecular complexity index is 3700. The molecule has 0 saturated heterocycles. The van der Waals surface area contributed by atoms with Gasteiger partial charge in [0.1, 0.15) is 17.3 Å². The summed E-state index contributed by atoms with van der Waals surface area (Å²) in [5.74, 6) is 1.90. The van der Waals surface area contributed by atoms with Gasteiger partial charge in [-0.2, -0.15) is 0 Å². The highest BCUT2D eigenvalue weighted by molar-refractivity contribution is 6.09. The smallest absolute Gasteiger partial charge is 0.269 e. The zero-order chi connectivity index (χ0) is 50.6. The molecular formula is C56H48N4O. The van der Waals surface area contributed by atoms with Crippen molar-refractivity contribution in [1.82, 2.24) is 14.1 Å². The largest absolute Gasteiger partial charge is 0.458 e. The van der Waals surface area contributed by atoms with Crippen LogP contribution in [0.3, 0.4) is 0 Å². The van der Waals surface area contributed by atoms with Gasteiger partial charge in [-0.1, -0.05) is 163 Å². The number of nitrogens with zero attached hydrogens (tertiary/aromatic N) is 4. The van der Waals surface area contributed by atoms with Crippen LogP contribution in [-0.2, 0) is 10.8 Å². The zero-order valence-corrected chi connectivity index (χ0v) is 34.7. The lowest BCUT2D eigenvalue weighted by Crippen LogP contribution is -2.32. The molecule has 3 aromatic heterocycles. The quantitative estimate of drug-likeness (QED) is 0.119. The van der Waals surface area contributed by atoms with E-state index in [4.69, 9.17) is 17.9 Å². The van der Waals surface area contributed by atoms with Crippen LogP contribution in [0.4, 0.5) is 0 Å². The van der Waals surface area contributed by atoms with E-state index in [0.29, 0.717) is 33.8 Å². The van der Waals surface area contributed by atoms with Crippen molar-refractivity contribution in [2.45, 2.75) is 52.4 Å². The predicted molar refractivity (Wildman–Crippen MR) is 251 cm³/mol. The number of benzene rings is 7. The van der Waals surface area contributed by atoms with Crippen LogP contribution in [-0.4, -0.2) is 14.1 Å². The first kappa shape index (κ1) is 28.3. The summed E-state index contributed by atoms with van der Waals surface area (Å²) in [6.07, 6.45) is 5.34. The second-order valence-corrected chi connectivity index (χ2v) is 17.2. The Hall–Kier alpha value is -7.24. The van der Waals surface area contributed by atoms with Crippen molar-refractivity contribution in [3.05, 3.63) is 199 Å². The molecule has 5 heteroatoms. The molecule has 3 heterocycles. The van der Waals surface area contributed by atoms with Crippen molar-refractivity contribution in [2.24, 2.45) is 0 Å². The van der Waals surface area contributed by atoms with Crippen LogP contribution in [0.5, 0.6) is 11.5 Å². The summed E-state index contributed by atoms with van der Waals surface area (Å²) in [6.45, 7) is 12.4. The summed E-state index contributed by atoms with van der Waals surface area (Å²) in [5, 5.41) is 2.13. The second-order valence-electron chi connectivity index (χ2n) is 17.2. The van der Waals surface area contributed by atoms with E-state index in [2.05, 4.69) is 55.9 Å². The molecule has 0 bridgehead atoms. The Labute approximate surface area is 371 Å². The average Bonchev–Trinajstić information content (AvgIpc) is 3.89. The van der Waals surface area contributed by atoms with Crippen molar-refractivity contribution in [1.29, 1.82) is 0 Å². The number of para-hydroxylation sites is 3. The Balaban J connectivity index is 1.18. The Kier molecular flexibility index (Phi) is 6.85. The second kappa shape index (κ2) is 14.8. The minimum absolute atomic E-state index is 0.0896. The molecule has 0 amide bonds. The summed E-state index contributed by atoms with van der Waals surface area (Å²) in [5.41, 5.74) is 5.20. The summed E-state index contributed by atoms with van der Waals surface area (Å²) in [4.78, 5) is 4.83. The standard InChI is InChI=1S/C56H48N4O/c1-55(2,3)40-30-31-57-53(34-40)60-49-25-14-13-24-45(49)46-29-28-44(36-52(46)60)61-43-23-17-22-42(35-43)58-37-59(51-27-16-15-26-50(51)58)54-47(38-18-9-7-10-19-38)32-41(56(4,5)6)33-48(54)39-20-11-8-12-21-39/h7-36H,1-6H3/i7D,8D,9D,10D,11D,12D,18D,19D,20D,21D. The minimum atomic E-state index is -0.624. The summed E-state index contributed by atoms with van der Waals surface area (Å²) < 4.78 is 101. The number of imidazole rings is 1. The van der Waals surface area contributed by atoms with Gasteiger partial charge in [-0.3, -0.25) is 13.7 Å². The summed E-state index contributed by atoms with van der Waals surface area (Å²) >= 11 is 0. The molecule has 298 valence electrons. The van der Waals surface area contributed by atoms with E-state index >= 15 is 0 Å². The number of ether oxygens (including phenoxy) is 1. The lowest BCUT2D eigenvalue weighted by molar-refractivity contribution is -0.571. The zero-order valence-electron chi connectivity index (χ0n) is 44.7. The highest BCUT2D eigenvalue weighted by Gasteiger charge is 2.24. The normalized spacial score (nSPS) is 14.4. The van der Waals surface area contributed by atoms with Gasteiger partial charge in [-0.25, -0.2) is 4.98 Å². The maximum Gasteiger partial charge on any atom is 0.269 e. The van der Waals surface area contributed by atoms with Crippen LogP contribution in [0, 0.1) is 6.33 Å². The molecule has 5 nitrogen and oxygen atoms in total. The van der Waals surface area contributed by atoms with E-state index in [-0.39, 0.29) is 33.4 Å². The van der Waals surface area contributed by atoms with Crippen LogP contribution in [0.25, 0.3) is 72.3 Å². The fourth-order valence-electron chi connectivity index (χ4n) is 7.97. The van der Waals surface area contributed by atoms with Crippen LogP contribution >= 0.6 is 0 Å². The molecule has 0 spiro atoms. The molecule has 7 aromatic carbocycles. The monoisotopic (exact) mass is 802 g/mol. The number of hydrogen-bond acceptors (Lipinski definition) is 2. The van der Waals surface area contributed by atoms with Gasteiger partial charge in [-0.15, -0.1) is 0 Å². The molecule has 10 rings (SSSR count). The lowest BCUT2D eigenvalue weighted by atomic mass is 9.82. The molecule has 0 saturated carbocycles. The molecule has 10 aromatic rings. The predicted octanol–water partition coefficient (Wildman–Crippen LogP) is 13.9. The van der Waals surface area contributed by atoms with Crippen molar-refractivity contribution < 1.29 is 23.0 Å². The number of pyridine rings is 1. The van der Waals surface area contributed by atoms with Gasteiger partial charge >= 0.3 is 0 Å². The molecule has 0 aliphatic rings. The molecule has 0 fully saturated rings. The number of hydrogen-bond donors (Lipinski definition) is 0. The first-order valence-electron chi connectivity index (χ1n) is 25.2. The fraction of sp³-hybridized carbons (Fsp3) is 0.143. The highest BCUT2D eigenvalue weighted by atomic mass is 16.5. The van der Waals surface area contributed by atoms with Gasteiger partial charge in [0.2, 0.25) is 0 Å². The Morgan fingerprint density at radius 2 is 1.20 bits per heavy atom. The summed E-state index contributed by atoms with van der Waals surface area (Å²) in [6, 6.07) is 31.7. The number of fused-ring (bicyclic) bond motifs is 4. The summed E-state index contributed by atoms with van der Waals surface area (Å²) in [7, 11) is 0. The molecule has 0 unspecified atom stereocenters. The fourth-order valence-corrected chi connectivity index (χ4v) is 7.97. The van der Waals surface area contributed by atoms with Crippen LogP contribution < -0.4 is 9.30 Å². The Morgan fingerprint density at radius 3 is 1.89 bits per heavy atom. The molecule has 0 atom stereocenters. The maximum atomic E-state index is 9.22. The Morgan fingerprint density at radius 1 is 0.574 bits per heavy atom. The van der Waals surface area contributed by atoms with Gasteiger partial charge in [-0.05, 0) is 92.7 Å². The van der Waals surface area contributed by atoms with Crippen LogP contribution in [0.1, 0.15) is 66.4 Å². The van der Waals surface area contributed by atoms with Crippen molar-refractivity contribution in [3.63, 3.8) is 0 Å². The molecule has 0 aliphatic carbocycles. The van der Waals surface area contributed by atoms with E-state index in [1.807, 2.05) is 110 Å². The number of rotatable bonds is 7. The molecule has 0 radical (unpaired) electrons. The van der Waals surface area contributed by atoms with Crippen LogP contribution in [0.15, 0.2) is 182 Å². The van der Waals surface area contributed by atoms with Crippen molar-refractivity contribution in [2.75, 3.05) is 0 Å². The van der Waals surface area contributed by atoms with Crippen molar-refractivity contribution >= 4 is 32.8 Å². The molecule has 0 aliphatic heterocycles. The first-order valence-corrected chi connectivity index (χ1v) is 20.2. The van der Waals surface area contributed by atoms with Gasteiger partial charge in [0.25, 0.3) is 6.33 Å². The van der Waals surface area contributed by atoms with Crippen LogP contribution in [0.2, 0.25) is 0 Å². The third-order valence-electron chi connectivity index (χ3n) is 11.1. The van der Waals surface area contributed by atoms with Gasteiger partial charge in [0.05, 0.1) is 47.1 Å². The third-order valence-corrected chi connectivity index (χ3v) is 11.1. The average molecular weight is 803 g/mol. The number of aromatic nitrogens is 4. The molecule has 0 N–H and O–H groups in total. The van der Waals surface area contributed by atoms with Gasteiger partial charge < -0.3 is 4.74 Å². The van der Waals surface area contributed by atoms with Crippen molar-refractivity contribution in [3.8, 4) is 50.9 Å². The minimum Gasteiger partial charge on any atom is -0.458 e. The topological polar surface area (TPSA) is 35.9 Å². The third kappa shape index (κ3) is 6.96. The van der Waals surface area contributed by atoms with E-state index in [0.717, 1.165) is 33.2 Å². The maximum absolute atomic E-state index is 9.22. The lowest BCUT2D eigenvalue weighted by Gasteiger charge is -2.25. The SMILES string of the molecule is [2H]c1c([2H])c([2H])c(-c2cc(C(C)(C)C)cc(-c3c([2H])c([2H])c([2H])c([2H])c3[2H])c2-[n+]2[c-]n(-c3cccc(Oc4ccc5c6ccccc6n(-c6cc(C(C)(C)C)ccn6)c5c4)c3)c3ccccc32)c([2H])c1[2H]. The first-order chi connectivity index (χ1) is 33.6. The van der Waals surface area contributed by atoms with E-state index < -0.39 is 65.8 Å².